The van der Waals surface area contributed by atoms with E-state index in [9.17, 15) is 0 Å². The molecule has 3 aliphatic carbocycles. The number of hydrogen-bond acceptors (Lipinski definition) is 1. The smallest absolute Gasteiger partial charge is 0.0688 e. The quantitative estimate of drug-likeness (QED) is 0.163. The van der Waals surface area contributed by atoms with Crippen molar-refractivity contribution >= 4 is 55.0 Å². The molecule has 0 bridgehead atoms. The van der Waals surface area contributed by atoms with Gasteiger partial charge in [0, 0.05) is 17.1 Å². The molecule has 0 fully saturated rings. The number of nitrogens with zero attached hydrogens (tertiary/aromatic N) is 1. The third-order valence-corrected chi connectivity index (χ3v) is 13.0. The van der Waals surface area contributed by atoms with Crippen LogP contribution in [0.1, 0.15) is 35.6 Å². The van der Waals surface area contributed by atoms with Gasteiger partial charge in [-0.15, -0.1) is 0 Å². The Morgan fingerprint density at radius 2 is 0.930 bits per heavy atom. The van der Waals surface area contributed by atoms with Gasteiger partial charge < -0.3 is 4.90 Å². The summed E-state index contributed by atoms with van der Waals surface area (Å²) in [6.07, 6.45) is 5.89. The van der Waals surface area contributed by atoms with Crippen LogP contribution in [-0.4, -0.2) is 0 Å². The molecule has 12 rings (SSSR count). The number of rotatable bonds is 4. The molecule has 9 aromatic carbocycles. The lowest BCUT2D eigenvalue weighted by atomic mass is 9.67. The van der Waals surface area contributed by atoms with Crippen LogP contribution in [0.15, 0.2) is 206 Å². The number of fused-ring (bicyclic) bond motifs is 15. The molecule has 0 saturated carbocycles. The second-order valence-electron chi connectivity index (χ2n) is 16.1. The monoisotopic (exact) mass is 725 g/mol. The average Bonchev–Trinajstić information content (AvgIpc) is 3.73. The molecule has 3 aliphatic rings. The highest BCUT2D eigenvalue weighted by molar-refractivity contribution is 6.25. The minimum atomic E-state index is -0.257. The molecule has 0 aliphatic heterocycles. The highest BCUT2D eigenvalue weighted by Gasteiger charge is 2.52. The zero-order valence-corrected chi connectivity index (χ0v) is 31.8. The van der Waals surface area contributed by atoms with E-state index in [2.05, 4.69) is 212 Å². The number of allylic oxidation sites excluding steroid dienone is 4. The Hall–Kier alpha value is -6.96. The van der Waals surface area contributed by atoms with Gasteiger partial charge in [-0.25, -0.2) is 0 Å². The molecular weight excluding hydrogens is 687 g/mol. The molecule has 1 atom stereocenters. The van der Waals surface area contributed by atoms with E-state index < -0.39 is 0 Å². The summed E-state index contributed by atoms with van der Waals surface area (Å²) in [6.45, 7) is 2.36. The van der Waals surface area contributed by atoms with E-state index in [0.717, 1.165) is 23.5 Å². The Kier molecular flexibility index (Phi) is 6.95. The van der Waals surface area contributed by atoms with Crippen molar-refractivity contribution in [3.8, 4) is 22.3 Å². The third-order valence-electron chi connectivity index (χ3n) is 13.0. The van der Waals surface area contributed by atoms with Crippen molar-refractivity contribution in [3.05, 3.63) is 228 Å². The van der Waals surface area contributed by atoms with Crippen LogP contribution in [0.25, 0.3) is 60.1 Å². The van der Waals surface area contributed by atoms with Crippen LogP contribution in [-0.2, 0) is 5.41 Å². The summed E-state index contributed by atoms with van der Waals surface area (Å²) in [5.74, 6) is 0.495. The molecular formula is C56H39N. The first-order chi connectivity index (χ1) is 28.2. The standard InChI is InChI=1S/C56H39N/c1-36-23-30-49-51-34-38(26-32-54(51)56(55(49)33-36)52-21-11-9-19-47(52)48-20-10-12-22-53(48)56)37-24-27-40(28-25-37)57(39-13-3-2-4-14-39)41-29-31-46-44-17-6-5-15-42(44)43-16-7-8-18-45(43)50(46)35-41/h2-32,34-36H,33H2,1H3. The predicted molar refractivity (Wildman–Crippen MR) is 241 cm³/mol. The van der Waals surface area contributed by atoms with E-state index in [-0.39, 0.29) is 5.41 Å². The fourth-order valence-corrected chi connectivity index (χ4v) is 10.6. The number of para-hydroxylation sites is 1. The highest BCUT2D eigenvalue weighted by atomic mass is 15.1. The van der Waals surface area contributed by atoms with Crippen LogP contribution in [0.4, 0.5) is 17.1 Å². The molecule has 268 valence electrons. The molecule has 0 amide bonds. The lowest BCUT2D eigenvalue weighted by Crippen LogP contribution is -2.28. The van der Waals surface area contributed by atoms with Gasteiger partial charge >= 0.3 is 0 Å². The van der Waals surface area contributed by atoms with Crippen molar-refractivity contribution in [1.82, 2.24) is 0 Å². The van der Waals surface area contributed by atoms with Crippen LogP contribution < -0.4 is 4.90 Å². The molecule has 0 heterocycles. The Balaban J connectivity index is 0.986. The summed E-state index contributed by atoms with van der Waals surface area (Å²) in [4.78, 5) is 2.39. The number of hydrogen-bond donors (Lipinski definition) is 0. The molecule has 1 spiro atoms. The molecule has 0 saturated heterocycles. The minimum absolute atomic E-state index is 0.257. The molecule has 0 N–H and O–H groups in total. The Bertz CT molecular complexity index is 3080. The van der Waals surface area contributed by atoms with E-state index >= 15 is 0 Å². The summed E-state index contributed by atoms with van der Waals surface area (Å²) in [5, 5.41) is 7.69. The Morgan fingerprint density at radius 3 is 1.60 bits per heavy atom. The molecule has 1 heteroatoms. The summed E-state index contributed by atoms with van der Waals surface area (Å²) < 4.78 is 0. The molecule has 1 nitrogen and oxygen atoms in total. The van der Waals surface area contributed by atoms with E-state index in [0.29, 0.717) is 5.92 Å². The molecule has 0 aromatic heterocycles. The first-order valence-electron chi connectivity index (χ1n) is 20.2. The number of anilines is 3. The fraction of sp³-hybridized carbons (Fsp3) is 0.0714. The zero-order valence-electron chi connectivity index (χ0n) is 31.8. The van der Waals surface area contributed by atoms with Gasteiger partial charge in [0.15, 0.2) is 0 Å². The van der Waals surface area contributed by atoms with Gasteiger partial charge in [0.05, 0.1) is 5.41 Å². The van der Waals surface area contributed by atoms with Gasteiger partial charge in [0.1, 0.15) is 0 Å². The van der Waals surface area contributed by atoms with Gasteiger partial charge in [-0.1, -0.05) is 165 Å². The van der Waals surface area contributed by atoms with E-state index in [1.807, 2.05) is 0 Å². The first kappa shape index (κ1) is 32.3. The van der Waals surface area contributed by atoms with Crippen LogP contribution in [0.2, 0.25) is 0 Å². The predicted octanol–water partition coefficient (Wildman–Crippen LogP) is 15.0. The van der Waals surface area contributed by atoms with Crippen LogP contribution >= 0.6 is 0 Å². The second-order valence-corrected chi connectivity index (χ2v) is 16.1. The lowest BCUT2D eigenvalue weighted by Gasteiger charge is -2.34. The van der Waals surface area contributed by atoms with Crippen LogP contribution in [0.5, 0.6) is 0 Å². The van der Waals surface area contributed by atoms with Gasteiger partial charge in [-0.2, -0.15) is 0 Å². The van der Waals surface area contributed by atoms with Gasteiger partial charge in [0.2, 0.25) is 0 Å². The van der Waals surface area contributed by atoms with Crippen molar-refractivity contribution in [3.63, 3.8) is 0 Å². The highest BCUT2D eigenvalue weighted by Crippen LogP contribution is 2.64. The topological polar surface area (TPSA) is 3.24 Å². The van der Waals surface area contributed by atoms with Crippen molar-refractivity contribution in [2.75, 3.05) is 4.90 Å². The van der Waals surface area contributed by atoms with Crippen molar-refractivity contribution < 1.29 is 0 Å². The molecule has 9 aromatic rings. The SMILES string of the molecule is CC1C=CC2=C(C1)C1(c3ccc(-c4ccc(N(c5ccccc5)c5ccc6c7ccccc7c7ccccc7c6c5)cc4)cc32)c2ccccc2-c2ccccc21. The molecule has 1 unspecified atom stereocenters. The van der Waals surface area contributed by atoms with Gasteiger partial charge in [-0.3, -0.25) is 0 Å². The van der Waals surface area contributed by atoms with E-state index in [1.165, 1.54) is 82.4 Å². The number of benzene rings is 9. The lowest BCUT2D eigenvalue weighted by molar-refractivity contribution is 0.630. The summed E-state index contributed by atoms with van der Waals surface area (Å²) in [5.41, 5.74) is 16.9. The molecule has 0 radical (unpaired) electrons. The maximum absolute atomic E-state index is 2.46. The van der Waals surface area contributed by atoms with E-state index in [1.54, 1.807) is 5.57 Å². The largest absolute Gasteiger partial charge is 0.310 e. The Morgan fingerprint density at radius 1 is 0.421 bits per heavy atom. The summed E-state index contributed by atoms with van der Waals surface area (Å²) in [6, 6.07) is 70.0. The minimum Gasteiger partial charge on any atom is -0.310 e. The fourth-order valence-electron chi connectivity index (χ4n) is 10.6. The van der Waals surface area contributed by atoms with Crippen molar-refractivity contribution in [1.29, 1.82) is 0 Å². The Labute approximate surface area is 333 Å². The van der Waals surface area contributed by atoms with Crippen LogP contribution in [0.3, 0.4) is 0 Å². The van der Waals surface area contributed by atoms with Gasteiger partial charge in [-0.05, 0) is 143 Å². The first-order valence-corrected chi connectivity index (χ1v) is 20.2. The zero-order chi connectivity index (χ0) is 37.7. The maximum atomic E-state index is 2.46. The summed E-state index contributed by atoms with van der Waals surface area (Å²) in [7, 11) is 0. The second kappa shape index (κ2) is 12.3. The normalized spacial score (nSPS) is 15.9. The average molecular weight is 726 g/mol. The van der Waals surface area contributed by atoms with Crippen LogP contribution in [0, 0.1) is 5.92 Å². The third kappa shape index (κ3) is 4.57. The van der Waals surface area contributed by atoms with Crippen molar-refractivity contribution in [2.24, 2.45) is 5.92 Å². The van der Waals surface area contributed by atoms with E-state index in [4.69, 9.17) is 0 Å². The van der Waals surface area contributed by atoms with Crippen molar-refractivity contribution in [2.45, 2.75) is 18.8 Å². The molecule has 57 heavy (non-hydrogen) atoms. The van der Waals surface area contributed by atoms with Gasteiger partial charge in [0.25, 0.3) is 0 Å². The summed E-state index contributed by atoms with van der Waals surface area (Å²) >= 11 is 0. The maximum Gasteiger partial charge on any atom is 0.0688 e.